The van der Waals surface area contributed by atoms with Crippen LogP contribution in [0.2, 0.25) is 0 Å². The monoisotopic (exact) mass is 274 g/mol. The summed E-state index contributed by atoms with van der Waals surface area (Å²) < 4.78 is 17.8. The Balaban J connectivity index is 1.58. The van der Waals surface area contributed by atoms with Crippen molar-refractivity contribution in [3.63, 3.8) is 0 Å². The summed E-state index contributed by atoms with van der Waals surface area (Å²) >= 11 is 0. The summed E-state index contributed by atoms with van der Waals surface area (Å²) in [4.78, 5) is 0. The van der Waals surface area contributed by atoms with Gasteiger partial charge in [-0.25, -0.2) is 0 Å². The molecular formula is C14H13NO3P+. The number of nitrogens with one attached hydrogen (secondary N) is 1. The molecule has 2 heterocycles. The van der Waals surface area contributed by atoms with Gasteiger partial charge in [-0.2, -0.15) is 0 Å². The van der Waals surface area contributed by atoms with Crippen molar-refractivity contribution in [1.29, 1.82) is 0 Å². The van der Waals surface area contributed by atoms with Crippen LogP contribution in [0.15, 0.2) is 54.6 Å². The van der Waals surface area contributed by atoms with E-state index in [2.05, 4.69) is 17.2 Å². The van der Waals surface area contributed by atoms with Crippen molar-refractivity contribution in [3.05, 3.63) is 60.2 Å². The van der Waals surface area contributed by atoms with Crippen LogP contribution in [0.3, 0.4) is 0 Å². The molecule has 2 aliphatic rings. The highest BCUT2D eigenvalue weighted by Crippen LogP contribution is 2.69. The number of fused-ring (bicyclic) bond motifs is 1. The summed E-state index contributed by atoms with van der Waals surface area (Å²) in [7, 11) is -2.45. The van der Waals surface area contributed by atoms with Crippen LogP contribution in [0.4, 0.5) is 0 Å². The molecule has 0 radical (unpaired) electrons. The number of hydrogen-bond donors (Lipinski definition) is 1. The van der Waals surface area contributed by atoms with Crippen LogP contribution in [0.1, 0.15) is 11.7 Å². The first-order valence-electron chi connectivity index (χ1n) is 6.20. The number of benzene rings is 2. The molecule has 0 bridgehead atoms. The van der Waals surface area contributed by atoms with E-state index in [-0.39, 0.29) is 6.10 Å². The lowest BCUT2D eigenvalue weighted by atomic mass is 10.1. The van der Waals surface area contributed by atoms with Gasteiger partial charge in [0.1, 0.15) is 0 Å². The third-order valence-electron chi connectivity index (χ3n) is 3.19. The Kier molecular flexibility index (Phi) is 2.49. The van der Waals surface area contributed by atoms with Crippen molar-refractivity contribution >= 4 is 8.09 Å². The molecule has 1 fully saturated rings. The van der Waals surface area contributed by atoms with Gasteiger partial charge in [-0.3, -0.25) is 9.05 Å². The highest BCUT2D eigenvalue weighted by molar-refractivity contribution is 7.60. The van der Waals surface area contributed by atoms with Crippen molar-refractivity contribution in [2.24, 2.45) is 0 Å². The molecule has 0 saturated carbocycles. The highest BCUT2D eigenvalue weighted by Gasteiger charge is 2.61. The summed E-state index contributed by atoms with van der Waals surface area (Å²) in [6, 6.07) is 17.8. The van der Waals surface area contributed by atoms with E-state index >= 15 is 0 Å². The van der Waals surface area contributed by atoms with Crippen LogP contribution in [0.25, 0.3) is 0 Å². The SMILES string of the molecule is c1ccc(C2CN[P+]3(Oc4ccccc4O3)O2)cc1. The van der Waals surface area contributed by atoms with Gasteiger partial charge in [-0.15, -0.1) is 4.52 Å². The van der Waals surface area contributed by atoms with E-state index in [1.54, 1.807) is 0 Å². The second-order valence-electron chi connectivity index (χ2n) is 4.49. The maximum atomic E-state index is 6.03. The van der Waals surface area contributed by atoms with Gasteiger partial charge in [-0.1, -0.05) is 47.6 Å². The Morgan fingerprint density at radius 1 is 0.895 bits per heavy atom. The van der Waals surface area contributed by atoms with E-state index in [1.165, 1.54) is 0 Å². The predicted octanol–water partition coefficient (Wildman–Crippen LogP) is 3.50. The number of hydrogen-bond acceptors (Lipinski definition) is 4. The van der Waals surface area contributed by atoms with Crippen LogP contribution in [-0.2, 0) is 4.52 Å². The molecule has 2 aromatic rings. The summed E-state index contributed by atoms with van der Waals surface area (Å²) in [5.74, 6) is 1.49. The summed E-state index contributed by atoms with van der Waals surface area (Å²) in [5.41, 5.74) is 1.13. The molecule has 1 saturated heterocycles. The second kappa shape index (κ2) is 4.20. The van der Waals surface area contributed by atoms with E-state index in [4.69, 9.17) is 13.6 Å². The molecule has 0 amide bonds. The molecule has 1 spiro atoms. The van der Waals surface area contributed by atoms with Gasteiger partial charge in [0.2, 0.25) is 11.5 Å². The van der Waals surface area contributed by atoms with E-state index < -0.39 is 8.09 Å². The normalized spacial score (nSPS) is 22.8. The molecule has 0 aromatic heterocycles. The minimum Gasteiger partial charge on any atom is -0.259 e. The number of para-hydroxylation sites is 2. The van der Waals surface area contributed by atoms with Crippen molar-refractivity contribution in [2.75, 3.05) is 6.54 Å². The lowest BCUT2D eigenvalue weighted by molar-refractivity contribution is 0.217. The Morgan fingerprint density at radius 3 is 2.21 bits per heavy atom. The summed E-state index contributed by atoms with van der Waals surface area (Å²) in [5, 5.41) is 3.27. The fourth-order valence-corrected chi connectivity index (χ4v) is 4.34. The van der Waals surface area contributed by atoms with Gasteiger partial charge >= 0.3 is 8.09 Å². The first-order valence-corrected chi connectivity index (χ1v) is 7.75. The summed E-state index contributed by atoms with van der Waals surface area (Å²) in [6.07, 6.45) is -0.0242. The van der Waals surface area contributed by atoms with Gasteiger partial charge in [0, 0.05) is 0 Å². The lowest BCUT2D eigenvalue weighted by Crippen LogP contribution is -2.14. The molecule has 19 heavy (non-hydrogen) atoms. The lowest BCUT2D eigenvalue weighted by Gasteiger charge is -2.09. The Hall–Kier alpha value is -1.61. The Labute approximate surface area is 111 Å². The zero-order valence-corrected chi connectivity index (χ0v) is 11.0. The maximum Gasteiger partial charge on any atom is 0.593 e. The Morgan fingerprint density at radius 2 is 1.53 bits per heavy atom. The average Bonchev–Trinajstić information content (AvgIpc) is 3.03. The fraction of sp³-hybridized carbons (Fsp3) is 0.143. The minimum atomic E-state index is -2.45. The minimum absolute atomic E-state index is 0.0242. The van der Waals surface area contributed by atoms with Crippen molar-refractivity contribution < 1.29 is 13.6 Å². The second-order valence-corrected chi connectivity index (χ2v) is 6.38. The third kappa shape index (κ3) is 1.89. The smallest absolute Gasteiger partial charge is 0.259 e. The first kappa shape index (κ1) is 11.2. The zero-order chi connectivity index (χ0) is 12.7. The molecule has 2 aromatic carbocycles. The number of rotatable bonds is 1. The zero-order valence-electron chi connectivity index (χ0n) is 10.2. The predicted molar refractivity (Wildman–Crippen MR) is 72.9 cm³/mol. The van der Waals surface area contributed by atoms with Gasteiger partial charge in [-0.05, 0) is 17.7 Å². The first-order chi connectivity index (χ1) is 9.35. The molecule has 2 aliphatic heterocycles. The molecule has 4 nitrogen and oxygen atoms in total. The molecule has 4 rings (SSSR count). The van der Waals surface area contributed by atoms with Crippen LogP contribution in [-0.4, -0.2) is 6.54 Å². The van der Waals surface area contributed by atoms with Crippen LogP contribution >= 0.6 is 8.09 Å². The van der Waals surface area contributed by atoms with Gasteiger partial charge in [0.15, 0.2) is 6.10 Å². The third-order valence-corrected chi connectivity index (χ3v) is 5.17. The molecule has 0 aliphatic carbocycles. The van der Waals surface area contributed by atoms with E-state index in [0.29, 0.717) is 6.54 Å². The van der Waals surface area contributed by atoms with E-state index in [1.807, 2.05) is 42.5 Å². The molecule has 1 unspecified atom stereocenters. The van der Waals surface area contributed by atoms with Crippen molar-refractivity contribution in [2.45, 2.75) is 6.10 Å². The van der Waals surface area contributed by atoms with Gasteiger partial charge in [0.05, 0.1) is 6.54 Å². The van der Waals surface area contributed by atoms with Crippen LogP contribution in [0, 0.1) is 0 Å². The standard InChI is InChI=1S/C14H13NO3P/c1-2-6-11(7-3-1)14-10-15-19(18-14)16-12-8-4-5-9-13(12)17-19/h1-9,14-15H,10H2/q+1. The largest absolute Gasteiger partial charge is 0.593 e. The average molecular weight is 274 g/mol. The van der Waals surface area contributed by atoms with E-state index in [0.717, 1.165) is 17.1 Å². The maximum absolute atomic E-state index is 6.03. The quantitative estimate of drug-likeness (QED) is 0.808. The van der Waals surface area contributed by atoms with Crippen LogP contribution in [0.5, 0.6) is 11.5 Å². The molecule has 96 valence electrons. The van der Waals surface area contributed by atoms with Gasteiger partial charge in [0.25, 0.3) is 0 Å². The van der Waals surface area contributed by atoms with Gasteiger partial charge < -0.3 is 0 Å². The fourth-order valence-electron chi connectivity index (χ4n) is 2.27. The molecule has 5 heteroatoms. The van der Waals surface area contributed by atoms with E-state index in [9.17, 15) is 0 Å². The topological polar surface area (TPSA) is 39.7 Å². The highest BCUT2D eigenvalue weighted by atomic mass is 31.2. The Bertz CT molecular complexity index is 580. The van der Waals surface area contributed by atoms with Crippen molar-refractivity contribution in [1.82, 2.24) is 5.09 Å². The van der Waals surface area contributed by atoms with Crippen LogP contribution < -0.4 is 14.1 Å². The molecule has 1 N–H and O–H groups in total. The van der Waals surface area contributed by atoms with Crippen molar-refractivity contribution in [3.8, 4) is 11.5 Å². The molecular weight excluding hydrogens is 261 g/mol. The summed E-state index contributed by atoms with van der Waals surface area (Å²) in [6.45, 7) is 0.700. The molecule has 1 atom stereocenters.